The molecular formula is C16H32N2O. The highest BCUT2D eigenvalue weighted by molar-refractivity contribution is 4.90. The van der Waals surface area contributed by atoms with Crippen LogP contribution in [0.15, 0.2) is 0 Å². The van der Waals surface area contributed by atoms with Crippen LogP contribution in [-0.2, 0) is 4.74 Å². The van der Waals surface area contributed by atoms with E-state index in [1.54, 1.807) is 0 Å². The normalized spacial score (nSPS) is 40.7. The highest BCUT2D eigenvalue weighted by atomic mass is 16.5. The zero-order valence-electron chi connectivity index (χ0n) is 13.2. The number of likely N-dealkylation sites (tertiary alicyclic amines) is 1. The average molecular weight is 268 g/mol. The Hall–Kier alpha value is -0.120. The maximum atomic E-state index is 5.30. The van der Waals surface area contributed by atoms with Crippen molar-refractivity contribution in [3.8, 4) is 0 Å². The van der Waals surface area contributed by atoms with Crippen molar-refractivity contribution in [3.05, 3.63) is 0 Å². The molecule has 0 amide bonds. The van der Waals surface area contributed by atoms with Gasteiger partial charge < -0.3 is 15.0 Å². The standard InChI is InChI=1S/C16H32N2O/c1-12-7-13(2)15(16(8-12)17-3)10-18-6-5-14(9-18)11-19-4/h12-17H,5-11H2,1-4H3. The lowest BCUT2D eigenvalue weighted by atomic mass is 9.72. The average Bonchev–Trinajstić information content (AvgIpc) is 2.80. The molecule has 1 N–H and O–H groups in total. The Kier molecular flexibility index (Phi) is 5.67. The molecule has 3 nitrogen and oxygen atoms in total. The molecule has 3 heteroatoms. The minimum atomic E-state index is 0.709. The number of hydrogen-bond acceptors (Lipinski definition) is 3. The van der Waals surface area contributed by atoms with E-state index in [4.69, 9.17) is 4.74 Å². The second-order valence-electron chi connectivity index (χ2n) is 6.98. The van der Waals surface area contributed by atoms with Crippen LogP contribution in [-0.4, -0.2) is 51.3 Å². The molecule has 112 valence electrons. The fourth-order valence-electron chi connectivity index (χ4n) is 4.30. The van der Waals surface area contributed by atoms with Crippen molar-refractivity contribution in [3.63, 3.8) is 0 Å². The van der Waals surface area contributed by atoms with Gasteiger partial charge in [0.25, 0.3) is 0 Å². The number of methoxy groups -OCH3 is 1. The van der Waals surface area contributed by atoms with Gasteiger partial charge in [-0.05, 0) is 56.5 Å². The molecule has 5 atom stereocenters. The lowest BCUT2D eigenvalue weighted by molar-refractivity contribution is 0.107. The molecule has 1 saturated carbocycles. The summed E-state index contributed by atoms with van der Waals surface area (Å²) in [5, 5.41) is 3.57. The first kappa shape index (κ1) is 15.3. The van der Waals surface area contributed by atoms with E-state index in [1.807, 2.05) is 7.11 Å². The lowest BCUT2D eigenvalue weighted by Gasteiger charge is -2.41. The lowest BCUT2D eigenvalue weighted by Crippen LogP contribution is -2.47. The number of hydrogen-bond donors (Lipinski definition) is 1. The van der Waals surface area contributed by atoms with Crippen LogP contribution >= 0.6 is 0 Å². The molecule has 2 aliphatic rings. The molecule has 1 aliphatic heterocycles. The van der Waals surface area contributed by atoms with Crippen LogP contribution in [0.25, 0.3) is 0 Å². The van der Waals surface area contributed by atoms with Gasteiger partial charge in [0.15, 0.2) is 0 Å². The fraction of sp³-hybridized carbons (Fsp3) is 1.00. The Labute approximate surface area is 119 Å². The Morgan fingerprint density at radius 3 is 2.74 bits per heavy atom. The van der Waals surface area contributed by atoms with Crippen molar-refractivity contribution in [1.82, 2.24) is 10.2 Å². The summed E-state index contributed by atoms with van der Waals surface area (Å²) in [5.41, 5.74) is 0. The first-order chi connectivity index (χ1) is 9.13. The molecule has 0 aromatic heterocycles. The molecule has 2 fully saturated rings. The minimum Gasteiger partial charge on any atom is -0.384 e. The summed E-state index contributed by atoms with van der Waals surface area (Å²) in [6.07, 6.45) is 4.06. The molecule has 0 bridgehead atoms. The van der Waals surface area contributed by atoms with Gasteiger partial charge in [-0.15, -0.1) is 0 Å². The summed E-state index contributed by atoms with van der Waals surface area (Å²) in [5.74, 6) is 3.31. The van der Waals surface area contributed by atoms with Crippen LogP contribution in [0.1, 0.15) is 33.1 Å². The summed E-state index contributed by atoms with van der Waals surface area (Å²) in [6.45, 7) is 9.57. The van der Waals surface area contributed by atoms with E-state index >= 15 is 0 Å². The molecule has 0 radical (unpaired) electrons. The van der Waals surface area contributed by atoms with E-state index in [-0.39, 0.29) is 0 Å². The van der Waals surface area contributed by atoms with Gasteiger partial charge in [-0.25, -0.2) is 0 Å². The zero-order chi connectivity index (χ0) is 13.8. The first-order valence-electron chi connectivity index (χ1n) is 8.02. The second kappa shape index (κ2) is 7.05. The van der Waals surface area contributed by atoms with Crippen molar-refractivity contribution in [2.75, 3.05) is 40.4 Å². The number of ether oxygens (including phenoxy) is 1. The van der Waals surface area contributed by atoms with E-state index in [9.17, 15) is 0 Å². The summed E-state index contributed by atoms with van der Waals surface area (Å²) >= 11 is 0. The van der Waals surface area contributed by atoms with E-state index in [0.717, 1.165) is 30.3 Å². The third kappa shape index (κ3) is 3.93. The van der Waals surface area contributed by atoms with Crippen LogP contribution in [0.5, 0.6) is 0 Å². The molecular weight excluding hydrogens is 236 g/mol. The molecule has 2 rings (SSSR count). The Balaban J connectivity index is 1.86. The number of nitrogens with one attached hydrogen (secondary N) is 1. The predicted octanol–water partition coefficient (Wildman–Crippen LogP) is 2.22. The third-order valence-corrected chi connectivity index (χ3v) is 5.29. The topological polar surface area (TPSA) is 24.5 Å². The zero-order valence-corrected chi connectivity index (χ0v) is 13.2. The predicted molar refractivity (Wildman–Crippen MR) is 80.3 cm³/mol. The molecule has 0 spiro atoms. The molecule has 5 unspecified atom stereocenters. The molecule has 0 aromatic rings. The van der Waals surface area contributed by atoms with Crippen LogP contribution < -0.4 is 5.32 Å². The Morgan fingerprint density at radius 2 is 2.05 bits per heavy atom. The van der Waals surface area contributed by atoms with Crippen LogP contribution in [0.4, 0.5) is 0 Å². The highest BCUT2D eigenvalue weighted by Gasteiger charge is 2.35. The quantitative estimate of drug-likeness (QED) is 0.827. The van der Waals surface area contributed by atoms with Crippen molar-refractivity contribution in [2.24, 2.45) is 23.7 Å². The summed E-state index contributed by atoms with van der Waals surface area (Å²) in [6, 6.07) is 0.709. The van der Waals surface area contributed by atoms with Gasteiger partial charge in [0.05, 0.1) is 6.61 Å². The second-order valence-corrected chi connectivity index (χ2v) is 6.98. The maximum Gasteiger partial charge on any atom is 0.0503 e. The minimum absolute atomic E-state index is 0.709. The van der Waals surface area contributed by atoms with Crippen molar-refractivity contribution < 1.29 is 4.74 Å². The van der Waals surface area contributed by atoms with Crippen LogP contribution in [0.3, 0.4) is 0 Å². The van der Waals surface area contributed by atoms with Gasteiger partial charge in [-0.2, -0.15) is 0 Å². The molecule has 1 heterocycles. The number of nitrogens with zero attached hydrogens (tertiary/aromatic N) is 1. The largest absolute Gasteiger partial charge is 0.384 e. The van der Waals surface area contributed by atoms with E-state index < -0.39 is 0 Å². The van der Waals surface area contributed by atoms with Crippen molar-refractivity contribution >= 4 is 0 Å². The van der Waals surface area contributed by atoms with Crippen LogP contribution in [0.2, 0.25) is 0 Å². The smallest absolute Gasteiger partial charge is 0.0503 e. The molecule has 1 aliphatic carbocycles. The summed E-state index contributed by atoms with van der Waals surface area (Å²) in [7, 11) is 3.96. The van der Waals surface area contributed by atoms with Gasteiger partial charge in [-0.3, -0.25) is 0 Å². The van der Waals surface area contributed by atoms with E-state index in [1.165, 1.54) is 38.9 Å². The van der Waals surface area contributed by atoms with Crippen molar-refractivity contribution in [1.29, 1.82) is 0 Å². The first-order valence-corrected chi connectivity index (χ1v) is 8.02. The maximum absolute atomic E-state index is 5.30. The van der Waals surface area contributed by atoms with E-state index in [0.29, 0.717) is 6.04 Å². The third-order valence-electron chi connectivity index (χ3n) is 5.29. The highest BCUT2D eigenvalue weighted by Crippen LogP contribution is 2.35. The Morgan fingerprint density at radius 1 is 1.26 bits per heavy atom. The monoisotopic (exact) mass is 268 g/mol. The Bertz CT molecular complexity index is 271. The SMILES string of the molecule is CNC1CC(C)CC(C)C1CN1CCC(COC)C1. The molecule has 1 saturated heterocycles. The van der Waals surface area contributed by atoms with Gasteiger partial charge in [-0.1, -0.05) is 13.8 Å². The van der Waals surface area contributed by atoms with Gasteiger partial charge in [0, 0.05) is 26.2 Å². The van der Waals surface area contributed by atoms with Gasteiger partial charge in [0.2, 0.25) is 0 Å². The van der Waals surface area contributed by atoms with Crippen LogP contribution in [0, 0.1) is 23.7 Å². The molecule has 19 heavy (non-hydrogen) atoms. The van der Waals surface area contributed by atoms with E-state index in [2.05, 4.69) is 31.1 Å². The van der Waals surface area contributed by atoms with Crippen molar-refractivity contribution in [2.45, 2.75) is 39.2 Å². The van der Waals surface area contributed by atoms with Gasteiger partial charge >= 0.3 is 0 Å². The summed E-state index contributed by atoms with van der Waals surface area (Å²) < 4.78 is 5.30. The molecule has 0 aromatic carbocycles. The van der Waals surface area contributed by atoms with Gasteiger partial charge in [0.1, 0.15) is 0 Å². The fourth-order valence-corrected chi connectivity index (χ4v) is 4.30. The number of rotatable bonds is 5. The summed E-state index contributed by atoms with van der Waals surface area (Å²) in [4.78, 5) is 2.67.